The average molecular weight is 335 g/mol. The lowest BCUT2D eigenvalue weighted by atomic mass is 10.2. The van der Waals surface area contributed by atoms with E-state index in [2.05, 4.69) is 5.10 Å². The zero-order valence-electron chi connectivity index (χ0n) is 14.4. The van der Waals surface area contributed by atoms with Crippen molar-refractivity contribution in [3.05, 3.63) is 83.7 Å². The zero-order valence-corrected chi connectivity index (χ0v) is 14.4. The molecule has 0 unspecified atom stereocenters. The van der Waals surface area contributed by atoms with Crippen LogP contribution in [-0.4, -0.2) is 34.7 Å². The molecule has 128 valence electrons. The SMILES string of the molecule is COc1ccc(CN(C)C(=O)c2cnn(Cc3ccccc3)c2)cc1. The summed E-state index contributed by atoms with van der Waals surface area (Å²) in [5, 5.41) is 4.30. The molecule has 5 nitrogen and oxygen atoms in total. The molecule has 1 aromatic heterocycles. The molecule has 0 fully saturated rings. The summed E-state index contributed by atoms with van der Waals surface area (Å²) in [6.45, 7) is 1.18. The van der Waals surface area contributed by atoms with E-state index < -0.39 is 0 Å². The molecule has 0 aliphatic rings. The van der Waals surface area contributed by atoms with Crippen LogP contribution in [-0.2, 0) is 13.1 Å². The normalized spacial score (nSPS) is 10.5. The second kappa shape index (κ2) is 7.66. The van der Waals surface area contributed by atoms with Crippen LogP contribution in [0.5, 0.6) is 5.75 Å². The molecule has 0 aliphatic heterocycles. The van der Waals surface area contributed by atoms with Gasteiger partial charge in [0, 0.05) is 19.8 Å². The summed E-state index contributed by atoms with van der Waals surface area (Å²) in [4.78, 5) is 14.3. The Labute approximate surface area is 147 Å². The van der Waals surface area contributed by atoms with Gasteiger partial charge in [-0.1, -0.05) is 42.5 Å². The largest absolute Gasteiger partial charge is 0.497 e. The lowest BCUT2D eigenvalue weighted by molar-refractivity contribution is 0.0785. The first kappa shape index (κ1) is 16.8. The molecule has 0 saturated carbocycles. The maximum absolute atomic E-state index is 12.6. The van der Waals surface area contributed by atoms with Crippen molar-refractivity contribution in [1.82, 2.24) is 14.7 Å². The van der Waals surface area contributed by atoms with Crippen molar-refractivity contribution >= 4 is 5.91 Å². The van der Waals surface area contributed by atoms with E-state index in [1.807, 2.05) is 54.6 Å². The number of carbonyl (C=O) groups is 1. The average Bonchev–Trinajstić information content (AvgIpc) is 3.11. The molecule has 0 spiro atoms. The van der Waals surface area contributed by atoms with Gasteiger partial charge in [-0.2, -0.15) is 5.10 Å². The summed E-state index contributed by atoms with van der Waals surface area (Å²) in [6.07, 6.45) is 3.41. The molecule has 1 heterocycles. The van der Waals surface area contributed by atoms with Crippen LogP contribution in [0, 0.1) is 0 Å². The zero-order chi connectivity index (χ0) is 17.6. The molecular weight excluding hydrogens is 314 g/mol. The second-order valence-electron chi connectivity index (χ2n) is 5.92. The third-order valence-corrected chi connectivity index (χ3v) is 3.99. The van der Waals surface area contributed by atoms with Gasteiger partial charge in [-0.25, -0.2) is 0 Å². The molecule has 0 saturated heterocycles. The highest BCUT2D eigenvalue weighted by molar-refractivity contribution is 5.93. The Balaban J connectivity index is 1.63. The van der Waals surface area contributed by atoms with Crippen LogP contribution in [0.2, 0.25) is 0 Å². The van der Waals surface area contributed by atoms with Crippen molar-refractivity contribution in [1.29, 1.82) is 0 Å². The number of aromatic nitrogens is 2. The first-order valence-corrected chi connectivity index (χ1v) is 8.10. The second-order valence-corrected chi connectivity index (χ2v) is 5.92. The van der Waals surface area contributed by atoms with Gasteiger partial charge in [-0.05, 0) is 23.3 Å². The van der Waals surface area contributed by atoms with Gasteiger partial charge in [-0.15, -0.1) is 0 Å². The number of benzene rings is 2. The molecular formula is C20H21N3O2. The fraction of sp³-hybridized carbons (Fsp3) is 0.200. The first-order chi connectivity index (χ1) is 12.2. The maximum Gasteiger partial charge on any atom is 0.257 e. The molecule has 0 bridgehead atoms. The Hall–Kier alpha value is -3.08. The highest BCUT2D eigenvalue weighted by Gasteiger charge is 2.14. The lowest BCUT2D eigenvalue weighted by Gasteiger charge is -2.16. The van der Waals surface area contributed by atoms with E-state index in [1.165, 1.54) is 0 Å². The van der Waals surface area contributed by atoms with Gasteiger partial charge in [0.2, 0.25) is 0 Å². The standard InChI is InChI=1S/C20H21N3O2/c1-22(13-17-8-10-19(25-2)11-9-17)20(24)18-12-21-23(15-18)14-16-6-4-3-5-7-16/h3-12,15H,13-14H2,1-2H3. The van der Waals surface area contributed by atoms with Crippen LogP contribution in [0.25, 0.3) is 0 Å². The van der Waals surface area contributed by atoms with Gasteiger partial charge in [0.15, 0.2) is 0 Å². The van der Waals surface area contributed by atoms with Gasteiger partial charge in [0.05, 0.1) is 25.4 Å². The monoisotopic (exact) mass is 335 g/mol. The third-order valence-electron chi connectivity index (χ3n) is 3.99. The molecule has 0 atom stereocenters. The molecule has 0 N–H and O–H groups in total. The lowest BCUT2D eigenvalue weighted by Crippen LogP contribution is -2.25. The number of amides is 1. The van der Waals surface area contributed by atoms with Crippen molar-refractivity contribution in [2.75, 3.05) is 14.2 Å². The molecule has 3 aromatic rings. The van der Waals surface area contributed by atoms with E-state index in [4.69, 9.17) is 4.74 Å². The molecule has 0 aliphatic carbocycles. The quantitative estimate of drug-likeness (QED) is 0.695. The molecule has 0 radical (unpaired) electrons. The predicted molar refractivity (Wildman–Crippen MR) is 96.6 cm³/mol. The minimum Gasteiger partial charge on any atom is -0.497 e. The van der Waals surface area contributed by atoms with Gasteiger partial charge in [0.1, 0.15) is 5.75 Å². The number of hydrogen-bond donors (Lipinski definition) is 0. The summed E-state index contributed by atoms with van der Waals surface area (Å²) in [6, 6.07) is 17.8. The highest BCUT2D eigenvalue weighted by atomic mass is 16.5. The molecule has 25 heavy (non-hydrogen) atoms. The van der Waals surface area contributed by atoms with E-state index >= 15 is 0 Å². The van der Waals surface area contributed by atoms with E-state index in [0.717, 1.165) is 16.9 Å². The van der Waals surface area contributed by atoms with Crippen molar-refractivity contribution in [2.24, 2.45) is 0 Å². The Morgan fingerprint density at radius 1 is 1.08 bits per heavy atom. The Morgan fingerprint density at radius 3 is 2.48 bits per heavy atom. The van der Waals surface area contributed by atoms with Crippen molar-refractivity contribution in [3.63, 3.8) is 0 Å². The minimum atomic E-state index is -0.0462. The first-order valence-electron chi connectivity index (χ1n) is 8.10. The van der Waals surface area contributed by atoms with Gasteiger partial charge >= 0.3 is 0 Å². The Kier molecular flexibility index (Phi) is 5.14. The number of nitrogens with zero attached hydrogens (tertiary/aromatic N) is 3. The van der Waals surface area contributed by atoms with Gasteiger partial charge in [-0.3, -0.25) is 9.48 Å². The van der Waals surface area contributed by atoms with Crippen molar-refractivity contribution in [3.8, 4) is 5.75 Å². The highest BCUT2D eigenvalue weighted by Crippen LogP contribution is 2.14. The summed E-state index contributed by atoms with van der Waals surface area (Å²) in [5.74, 6) is 0.759. The number of ether oxygens (including phenoxy) is 1. The van der Waals surface area contributed by atoms with Crippen LogP contribution in [0.3, 0.4) is 0 Å². The summed E-state index contributed by atoms with van der Waals surface area (Å²) >= 11 is 0. The van der Waals surface area contributed by atoms with Crippen LogP contribution in [0.4, 0.5) is 0 Å². The number of rotatable bonds is 6. The Morgan fingerprint density at radius 2 is 1.80 bits per heavy atom. The topological polar surface area (TPSA) is 47.4 Å². The summed E-state index contributed by atoms with van der Waals surface area (Å²) < 4.78 is 6.93. The fourth-order valence-electron chi connectivity index (χ4n) is 2.63. The third kappa shape index (κ3) is 4.26. The number of carbonyl (C=O) groups excluding carboxylic acids is 1. The predicted octanol–water partition coefficient (Wildman–Crippen LogP) is 3.21. The van der Waals surface area contributed by atoms with E-state index in [0.29, 0.717) is 18.7 Å². The van der Waals surface area contributed by atoms with E-state index in [9.17, 15) is 4.79 Å². The summed E-state index contributed by atoms with van der Waals surface area (Å²) in [5.41, 5.74) is 2.79. The molecule has 3 rings (SSSR count). The number of methoxy groups -OCH3 is 1. The van der Waals surface area contributed by atoms with Crippen LogP contribution >= 0.6 is 0 Å². The molecule has 1 amide bonds. The smallest absolute Gasteiger partial charge is 0.257 e. The molecule has 2 aromatic carbocycles. The van der Waals surface area contributed by atoms with Crippen LogP contribution in [0.1, 0.15) is 21.5 Å². The van der Waals surface area contributed by atoms with E-state index in [-0.39, 0.29) is 5.91 Å². The van der Waals surface area contributed by atoms with Crippen LogP contribution < -0.4 is 4.74 Å². The minimum absolute atomic E-state index is 0.0462. The van der Waals surface area contributed by atoms with E-state index in [1.54, 1.807) is 36.1 Å². The Bertz CT molecular complexity index is 826. The van der Waals surface area contributed by atoms with Crippen molar-refractivity contribution in [2.45, 2.75) is 13.1 Å². The van der Waals surface area contributed by atoms with Crippen LogP contribution in [0.15, 0.2) is 67.0 Å². The number of hydrogen-bond acceptors (Lipinski definition) is 3. The fourth-order valence-corrected chi connectivity index (χ4v) is 2.63. The maximum atomic E-state index is 12.6. The van der Waals surface area contributed by atoms with Gasteiger partial charge in [0.25, 0.3) is 5.91 Å². The van der Waals surface area contributed by atoms with Crippen molar-refractivity contribution < 1.29 is 9.53 Å². The molecule has 5 heteroatoms. The summed E-state index contributed by atoms with van der Waals surface area (Å²) in [7, 11) is 3.43. The van der Waals surface area contributed by atoms with Gasteiger partial charge < -0.3 is 9.64 Å².